The Morgan fingerprint density at radius 2 is 1.15 bits per heavy atom. The van der Waals surface area contributed by atoms with Crippen molar-refractivity contribution in [1.82, 2.24) is 30.8 Å². The van der Waals surface area contributed by atoms with E-state index in [0.29, 0.717) is 16.5 Å². The van der Waals surface area contributed by atoms with E-state index in [1.807, 2.05) is 24.3 Å². The molecule has 4 aromatic rings. The minimum absolute atomic E-state index is 0.0620. The van der Waals surface area contributed by atoms with Gasteiger partial charge in [0.2, 0.25) is 11.8 Å². The highest BCUT2D eigenvalue weighted by molar-refractivity contribution is 6.00. The molecule has 15 nitrogen and oxygen atoms in total. The van der Waals surface area contributed by atoms with Crippen molar-refractivity contribution in [3.63, 3.8) is 0 Å². The lowest BCUT2D eigenvalue weighted by Gasteiger charge is -2.29. The van der Waals surface area contributed by atoms with Crippen LogP contribution in [-0.4, -0.2) is 84.9 Å². The third-order valence-corrected chi connectivity index (χ3v) is 8.52. The van der Waals surface area contributed by atoms with Crippen LogP contribution in [0.25, 0.3) is 21.8 Å². The molecule has 0 saturated heterocycles. The molecule has 2 aromatic carbocycles. The average molecular weight is 761 g/mol. The molecule has 0 unspecified atom stereocenters. The van der Waals surface area contributed by atoms with E-state index >= 15 is 0 Å². The number of nitrogens with zero attached hydrogens (tertiary/aromatic N) is 1. The van der Waals surface area contributed by atoms with Crippen LogP contribution in [-0.2, 0) is 36.7 Å². The molecule has 55 heavy (non-hydrogen) atoms. The monoisotopic (exact) mass is 760 g/mol. The number of aliphatic carboxylic acids is 1. The number of hydrogen-bond donors (Lipinski definition) is 6. The van der Waals surface area contributed by atoms with Crippen LogP contribution in [0, 0.1) is 0 Å². The molecule has 4 rings (SSSR count). The lowest BCUT2D eigenvalue weighted by molar-refractivity contribution is -0.142. The molecule has 0 fully saturated rings. The van der Waals surface area contributed by atoms with Crippen LogP contribution >= 0.6 is 0 Å². The van der Waals surface area contributed by atoms with Gasteiger partial charge in [-0.05, 0) is 92.5 Å². The van der Waals surface area contributed by atoms with Gasteiger partial charge in [0.05, 0.1) is 5.52 Å². The zero-order valence-electron chi connectivity index (χ0n) is 33.0. The third kappa shape index (κ3) is 10.9. The van der Waals surface area contributed by atoms with E-state index in [9.17, 15) is 33.9 Å². The minimum Gasteiger partial charge on any atom is -0.480 e. The summed E-state index contributed by atoms with van der Waals surface area (Å²) >= 11 is 0. The molecule has 0 aliphatic carbocycles. The fourth-order valence-electron chi connectivity index (χ4n) is 5.81. The Morgan fingerprint density at radius 1 is 0.673 bits per heavy atom. The van der Waals surface area contributed by atoms with Gasteiger partial charge in [-0.25, -0.2) is 14.4 Å². The number of carboxylic acids is 1. The predicted octanol–water partition coefficient (Wildman–Crippen LogP) is 5.21. The summed E-state index contributed by atoms with van der Waals surface area (Å²) in [5.74, 6) is -3.29. The fourth-order valence-corrected chi connectivity index (χ4v) is 5.81. The molecule has 0 aliphatic heterocycles. The number of benzene rings is 2. The molecule has 2 aromatic heterocycles. The maximum atomic E-state index is 14.6. The van der Waals surface area contributed by atoms with E-state index in [4.69, 9.17) is 9.47 Å². The minimum atomic E-state index is -1.54. The van der Waals surface area contributed by atoms with E-state index in [1.165, 1.54) is 38.5 Å². The number of H-pyrrole nitrogens is 1. The van der Waals surface area contributed by atoms with Gasteiger partial charge in [0.25, 0.3) is 5.91 Å². The highest BCUT2D eigenvalue weighted by atomic mass is 16.6. The van der Waals surface area contributed by atoms with E-state index in [-0.39, 0.29) is 12.8 Å². The van der Waals surface area contributed by atoms with Crippen molar-refractivity contribution in [3.05, 3.63) is 72.1 Å². The average Bonchev–Trinajstić information content (AvgIpc) is 3.62. The van der Waals surface area contributed by atoms with Gasteiger partial charge in [-0.2, -0.15) is 0 Å². The first kappa shape index (κ1) is 41.9. The van der Waals surface area contributed by atoms with Gasteiger partial charge in [0, 0.05) is 41.5 Å². The van der Waals surface area contributed by atoms with Gasteiger partial charge in [0.1, 0.15) is 34.4 Å². The smallest absolute Gasteiger partial charge is 0.408 e. The zero-order chi connectivity index (χ0) is 41.1. The van der Waals surface area contributed by atoms with Crippen LogP contribution < -0.4 is 21.3 Å². The van der Waals surface area contributed by atoms with Crippen molar-refractivity contribution < 1.29 is 43.3 Å². The molecule has 0 spiro atoms. The Kier molecular flexibility index (Phi) is 12.1. The number of carbonyl (C=O) groups excluding carboxylic acids is 5. The molecule has 0 bridgehead atoms. The number of carbonyl (C=O) groups is 6. The Labute approximate surface area is 319 Å². The summed E-state index contributed by atoms with van der Waals surface area (Å²) in [6.45, 7) is 15.9. The lowest BCUT2D eigenvalue weighted by Crippen LogP contribution is -2.59. The second-order valence-corrected chi connectivity index (χ2v) is 16.5. The molecule has 6 N–H and O–H groups in total. The van der Waals surface area contributed by atoms with Gasteiger partial charge < -0.3 is 40.8 Å². The number of aromatic nitrogens is 2. The van der Waals surface area contributed by atoms with E-state index < -0.39 is 70.2 Å². The molecule has 2 atom stereocenters. The number of hydrogen-bond acceptors (Lipinski definition) is 8. The number of rotatable bonds is 12. The van der Waals surface area contributed by atoms with Gasteiger partial charge in [-0.1, -0.05) is 36.4 Å². The summed E-state index contributed by atoms with van der Waals surface area (Å²) in [4.78, 5) is 82.6. The lowest BCUT2D eigenvalue weighted by atomic mass is 10.0. The zero-order valence-corrected chi connectivity index (χ0v) is 33.0. The van der Waals surface area contributed by atoms with Crippen molar-refractivity contribution in [3.8, 4) is 0 Å². The third-order valence-electron chi connectivity index (χ3n) is 8.52. The van der Waals surface area contributed by atoms with Crippen molar-refractivity contribution in [2.45, 2.75) is 116 Å². The largest absolute Gasteiger partial charge is 0.480 e. The number of aromatic amines is 1. The van der Waals surface area contributed by atoms with Crippen molar-refractivity contribution >= 4 is 57.7 Å². The summed E-state index contributed by atoms with van der Waals surface area (Å²) in [6.07, 6.45) is 1.44. The highest BCUT2D eigenvalue weighted by Crippen LogP contribution is 2.26. The SMILES string of the molecule is CC(C)(C)OC(=O)NC(C)(C)C(=O)N[C@H](Cc1cn(C(=O)[C@@H](Cc2c[nH]c3ccccc23)NC(=O)C(C)(C)NC(=O)OC(C)(C)C)c2ccccc12)C(=O)O. The van der Waals surface area contributed by atoms with Gasteiger partial charge in [-0.3, -0.25) is 19.0 Å². The Morgan fingerprint density at radius 3 is 1.67 bits per heavy atom. The summed E-state index contributed by atoms with van der Waals surface area (Å²) in [6, 6.07) is 11.8. The molecule has 4 amide bonds. The molecule has 0 aliphatic rings. The van der Waals surface area contributed by atoms with Gasteiger partial charge in [0.15, 0.2) is 0 Å². The maximum absolute atomic E-state index is 14.6. The van der Waals surface area contributed by atoms with E-state index in [0.717, 1.165) is 16.5 Å². The van der Waals surface area contributed by atoms with Crippen LogP contribution in [0.3, 0.4) is 0 Å². The van der Waals surface area contributed by atoms with Gasteiger partial charge >= 0.3 is 18.2 Å². The summed E-state index contributed by atoms with van der Waals surface area (Å²) in [5, 5.41) is 22.0. The second-order valence-electron chi connectivity index (χ2n) is 16.5. The standard InChI is InChI=1S/C40H52N6O9/c1-37(2,3)54-35(52)44-39(7,8)33(50)42-28(19-23-21-41-27-17-13-11-15-25(23)27)31(47)46-22-24(26-16-12-14-18-30(26)46)20-29(32(48)49)43-34(51)40(9,10)45-36(53)55-38(4,5)6/h11-18,21-22,28-29,41H,19-20H2,1-10H3,(H,42,50)(H,43,51)(H,44,52)(H,45,53)(H,48,49)/t28-,29-/m1/s1. The molecule has 296 valence electrons. The first-order chi connectivity index (χ1) is 25.4. The fraction of sp³-hybridized carbons (Fsp3) is 0.450. The number of ether oxygens (including phenoxy) is 2. The van der Waals surface area contributed by atoms with Crippen LogP contribution in [0.15, 0.2) is 60.9 Å². The Balaban J connectivity index is 1.67. The van der Waals surface area contributed by atoms with E-state index in [1.54, 1.807) is 72.0 Å². The van der Waals surface area contributed by atoms with Crippen LogP contribution in [0.2, 0.25) is 0 Å². The van der Waals surface area contributed by atoms with Crippen LogP contribution in [0.4, 0.5) is 9.59 Å². The molecule has 0 radical (unpaired) electrons. The number of amides is 4. The number of para-hydroxylation sites is 2. The van der Waals surface area contributed by atoms with Crippen molar-refractivity contribution in [1.29, 1.82) is 0 Å². The predicted molar refractivity (Wildman–Crippen MR) is 207 cm³/mol. The second kappa shape index (κ2) is 15.9. The first-order valence-corrected chi connectivity index (χ1v) is 17.9. The molecular formula is C40H52N6O9. The Bertz CT molecular complexity index is 2100. The quantitative estimate of drug-likeness (QED) is 0.112. The normalized spacial score (nSPS) is 13.4. The molecule has 0 saturated carbocycles. The van der Waals surface area contributed by atoms with E-state index in [2.05, 4.69) is 26.3 Å². The topological polar surface area (TPSA) is 210 Å². The number of fused-ring (bicyclic) bond motifs is 2. The number of alkyl carbamates (subject to hydrolysis) is 2. The first-order valence-electron chi connectivity index (χ1n) is 17.9. The Hall–Kier alpha value is -5.86. The maximum Gasteiger partial charge on any atom is 0.408 e. The number of nitrogens with one attached hydrogen (secondary N) is 5. The molecule has 15 heteroatoms. The summed E-state index contributed by atoms with van der Waals surface area (Å²) < 4.78 is 12.0. The molecular weight excluding hydrogens is 708 g/mol. The van der Waals surface area contributed by atoms with Gasteiger partial charge in [-0.15, -0.1) is 0 Å². The highest BCUT2D eigenvalue weighted by Gasteiger charge is 2.37. The van der Waals surface area contributed by atoms with Crippen molar-refractivity contribution in [2.24, 2.45) is 0 Å². The van der Waals surface area contributed by atoms with Crippen LogP contribution in [0.5, 0.6) is 0 Å². The van der Waals surface area contributed by atoms with Crippen molar-refractivity contribution in [2.75, 3.05) is 0 Å². The summed E-state index contributed by atoms with van der Waals surface area (Å²) in [5.41, 5.74) is -2.22. The summed E-state index contributed by atoms with van der Waals surface area (Å²) in [7, 11) is 0. The van der Waals surface area contributed by atoms with Crippen LogP contribution in [0.1, 0.15) is 85.2 Å². The molecule has 2 heterocycles. The number of carboxylic acid groups (broad SMARTS) is 1.